The fourth-order valence-corrected chi connectivity index (χ4v) is 15.0. The molecule has 194 valence electrons. The first-order chi connectivity index (χ1) is 15.4. The van der Waals surface area contributed by atoms with Gasteiger partial charge in [0.15, 0.2) is 16.6 Å². The molecule has 2 fully saturated rings. The molecule has 0 aliphatic carbocycles. The minimum absolute atomic E-state index is 0.135. The first-order valence-corrected chi connectivity index (χ1v) is 18.5. The van der Waals surface area contributed by atoms with E-state index in [-0.39, 0.29) is 30.8 Å². The van der Waals surface area contributed by atoms with E-state index in [2.05, 4.69) is 26.2 Å². The topological polar surface area (TPSA) is 105 Å². The predicted molar refractivity (Wildman–Crippen MR) is 132 cm³/mol. The lowest BCUT2D eigenvalue weighted by atomic mass is 9.82. The summed E-state index contributed by atoms with van der Waals surface area (Å²) in [5, 5.41) is 0. The van der Waals surface area contributed by atoms with Crippen LogP contribution in [0.25, 0.3) is 0 Å². The standard InChI is InChI=1S/C24H42O8Si2/c1-15(12-29-21(26)17-13-33(6,7)32-34(8,9)14-17)10-18-19(23(28)30-22(18)27)11-16(2)20(25)31-24(3,4)5/h15-19H,10-14H2,1-9H3. The van der Waals surface area contributed by atoms with Gasteiger partial charge in [-0.15, -0.1) is 0 Å². The molecule has 0 aromatic rings. The predicted octanol–water partition coefficient (Wildman–Crippen LogP) is 4.30. The van der Waals surface area contributed by atoms with Gasteiger partial charge >= 0.3 is 23.9 Å². The van der Waals surface area contributed by atoms with Crippen LogP contribution in [0.1, 0.15) is 47.5 Å². The Kier molecular flexibility index (Phi) is 8.96. The maximum Gasteiger partial charge on any atom is 0.317 e. The van der Waals surface area contributed by atoms with E-state index in [1.165, 1.54) is 0 Å². The van der Waals surface area contributed by atoms with Crippen molar-refractivity contribution in [3.8, 4) is 0 Å². The number of rotatable bonds is 8. The van der Waals surface area contributed by atoms with Gasteiger partial charge in [-0.1, -0.05) is 13.8 Å². The largest absolute Gasteiger partial charge is 0.465 e. The van der Waals surface area contributed by atoms with Crippen molar-refractivity contribution in [3.63, 3.8) is 0 Å². The van der Waals surface area contributed by atoms with Gasteiger partial charge in [-0.3, -0.25) is 19.2 Å². The van der Waals surface area contributed by atoms with Gasteiger partial charge in [0.05, 0.1) is 30.3 Å². The molecule has 0 saturated carbocycles. The SMILES string of the molecule is CC(COC(=O)C1C[Si](C)(C)O[Si](C)(C)C1)CC1C(=O)OC(=O)C1CC(C)C(=O)OC(C)(C)C. The number of esters is 4. The molecule has 2 aliphatic rings. The normalized spacial score (nSPS) is 26.5. The zero-order valence-corrected chi connectivity index (χ0v) is 24.2. The highest BCUT2D eigenvalue weighted by atomic mass is 28.4. The second-order valence-corrected chi connectivity index (χ2v) is 21.0. The molecule has 10 heteroatoms. The van der Waals surface area contributed by atoms with E-state index < -0.39 is 57.9 Å². The fourth-order valence-electron chi connectivity index (χ4n) is 5.08. The van der Waals surface area contributed by atoms with Crippen LogP contribution < -0.4 is 0 Å². The van der Waals surface area contributed by atoms with E-state index in [9.17, 15) is 19.2 Å². The van der Waals surface area contributed by atoms with Crippen molar-refractivity contribution in [1.82, 2.24) is 0 Å². The number of ether oxygens (including phenoxy) is 3. The molecular formula is C24H42O8Si2. The average molecular weight is 515 g/mol. The number of hydrogen-bond donors (Lipinski definition) is 0. The van der Waals surface area contributed by atoms with Gasteiger partial charge in [-0.05, 0) is 77.8 Å². The van der Waals surface area contributed by atoms with Crippen molar-refractivity contribution in [2.45, 2.75) is 91.3 Å². The van der Waals surface area contributed by atoms with Crippen LogP contribution in [0.3, 0.4) is 0 Å². The van der Waals surface area contributed by atoms with Crippen molar-refractivity contribution < 1.29 is 37.5 Å². The fraction of sp³-hybridized carbons (Fsp3) is 0.833. The summed E-state index contributed by atoms with van der Waals surface area (Å²) in [4.78, 5) is 49.9. The molecule has 0 N–H and O–H groups in total. The van der Waals surface area contributed by atoms with Crippen LogP contribution >= 0.6 is 0 Å². The summed E-state index contributed by atoms with van der Waals surface area (Å²) < 4.78 is 22.3. The first-order valence-electron chi connectivity index (χ1n) is 12.2. The Labute approximate surface area is 205 Å². The minimum Gasteiger partial charge on any atom is -0.465 e. The Morgan fingerprint density at radius 2 is 1.47 bits per heavy atom. The van der Waals surface area contributed by atoms with Crippen molar-refractivity contribution in [3.05, 3.63) is 0 Å². The molecule has 2 aliphatic heterocycles. The summed E-state index contributed by atoms with van der Waals surface area (Å²) in [6.07, 6.45) is 0.524. The Morgan fingerprint density at radius 1 is 0.971 bits per heavy atom. The molecule has 0 bridgehead atoms. The molecule has 2 heterocycles. The van der Waals surface area contributed by atoms with E-state index in [4.69, 9.17) is 18.3 Å². The first kappa shape index (κ1) is 28.7. The van der Waals surface area contributed by atoms with Gasteiger partial charge in [0.2, 0.25) is 0 Å². The smallest absolute Gasteiger partial charge is 0.317 e. The lowest BCUT2D eigenvalue weighted by Crippen LogP contribution is -2.52. The van der Waals surface area contributed by atoms with Gasteiger partial charge in [0, 0.05) is 0 Å². The highest BCUT2D eigenvalue weighted by molar-refractivity contribution is 6.86. The number of carbonyl (C=O) groups is 4. The Morgan fingerprint density at radius 3 is 1.97 bits per heavy atom. The van der Waals surface area contributed by atoms with Crippen LogP contribution in [0.15, 0.2) is 0 Å². The zero-order valence-electron chi connectivity index (χ0n) is 22.2. The van der Waals surface area contributed by atoms with E-state index in [0.29, 0.717) is 6.42 Å². The molecule has 4 atom stereocenters. The van der Waals surface area contributed by atoms with Gasteiger partial charge in [0.1, 0.15) is 5.60 Å². The molecule has 0 spiro atoms. The molecule has 34 heavy (non-hydrogen) atoms. The molecule has 0 amide bonds. The van der Waals surface area contributed by atoms with Gasteiger partial charge in [-0.25, -0.2) is 0 Å². The summed E-state index contributed by atoms with van der Waals surface area (Å²) in [5.41, 5.74) is -0.630. The van der Waals surface area contributed by atoms with Gasteiger partial charge < -0.3 is 18.3 Å². The molecule has 0 aromatic carbocycles. The van der Waals surface area contributed by atoms with E-state index in [0.717, 1.165) is 12.1 Å². The highest BCUT2D eigenvalue weighted by Crippen LogP contribution is 2.37. The van der Waals surface area contributed by atoms with Crippen LogP contribution in [0.5, 0.6) is 0 Å². The molecular weight excluding hydrogens is 472 g/mol. The molecule has 2 saturated heterocycles. The van der Waals surface area contributed by atoms with Gasteiger partial charge in [-0.2, -0.15) is 0 Å². The van der Waals surface area contributed by atoms with Crippen LogP contribution in [0.4, 0.5) is 0 Å². The summed E-state index contributed by atoms with van der Waals surface area (Å²) in [6, 6.07) is 1.51. The van der Waals surface area contributed by atoms with E-state index in [1.807, 2.05) is 6.92 Å². The Hall–Kier alpha value is -1.53. The zero-order chi connectivity index (χ0) is 26.1. The molecule has 0 aromatic heterocycles. The van der Waals surface area contributed by atoms with Crippen LogP contribution in [-0.4, -0.2) is 52.7 Å². The lowest BCUT2D eigenvalue weighted by molar-refractivity contribution is -0.160. The van der Waals surface area contributed by atoms with Crippen molar-refractivity contribution >= 4 is 40.5 Å². The minimum atomic E-state index is -1.88. The molecule has 8 nitrogen and oxygen atoms in total. The maximum absolute atomic E-state index is 12.8. The third kappa shape index (κ3) is 8.30. The monoisotopic (exact) mass is 514 g/mol. The van der Waals surface area contributed by atoms with Crippen molar-refractivity contribution in [1.29, 1.82) is 0 Å². The lowest BCUT2D eigenvalue weighted by Gasteiger charge is -2.42. The second kappa shape index (κ2) is 10.6. The van der Waals surface area contributed by atoms with E-state index in [1.54, 1.807) is 27.7 Å². The summed E-state index contributed by atoms with van der Waals surface area (Å²) >= 11 is 0. The summed E-state index contributed by atoms with van der Waals surface area (Å²) in [6.45, 7) is 17.7. The third-order valence-corrected chi connectivity index (χ3v) is 13.6. The van der Waals surface area contributed by atoms with Crippen LogP contribution in [0, 0.1) is 29.6 Å². The number of hydrogen-bond acceptors (Lipinski definition) is 8. The second-order valence-electron chi connectivity index (χ2n) is 12.3. The summed E-state index contributed by atoms with van der Waals surface area (Å²) in [7, 11) is -3.76. The molecule has 2 rings (SSSR count). The number of carbonyl (C=O) groups excluding carboxylic acids is 4. The molecule has 0 radical (unpaired) electrons. The third-order valence-electron chi connectivity index (χ3n) is 6.24. The van der Waals surface area contributed by atoms with Gasteiger partial charge in [0.25, 0.3) is 0 Å². The maximum atomic E-state index is 12.8. The average Bonchev–Trinajstić information content (AvgIpc) is 2.89. The van der Waals surface area contributed by atoms with Crippen molar-refractivity contribution in [2.24, 2.45) is 29.6 Å². The Balaban J connectivity index is 1.93. The van der Waals surface area contributed by atoms with Crippen LogP contribution in [0.2, 0.25) is 38.3 Å². The molecule has 4 unspecified atom stereocenters. The summed E-state index contributed by atoms with van der Waals surface area (Å²) in [5.74, 6) is -3.97. The van der Waals surface area contributed by atoms with Crippen LogP contribution in [-0.2, 0) is 37.5 Å². The van der Waals surface area contributed by atoms with E-state index >= 15 is 0 Å². The van der Waals surface area contributed by atoms with Crippen molar-refractivity contribution in [2.75, 3.05) is 6.61 Å². The Bertz CT molecular complexity index is 785. The highest BCUT2D eigenvalue weighted by Gasteiger charge is 2.47. The number of cyclic esters (lactones) is 2. The quantitative estimate of drug-likeness (QED) is 0.204.